The second kappa shape index (κ2) is 6.15. The van der Waals surface area contributed by atoms with Crippen molar-refractivity contribution in [3.05, 3.63) is 39.2 Å². The molecule has 3 rings (SSSR count). The lowest BCUT2D eigenvalue weighted by molar-refractivity contribution is 0.337. The van der Waals surface area contributed by atoms with Crippen LogP contribution in [-0.4, -0.2) is 18.5 Å². The number of halogens is 2. The van der Waals surface area contributed by atoms with Crippen molar-refractivity contribution in [2.75, 3.05) is 13.6 Å². The average Bonchev–Trinajstić information content (AvgIpc) is 2.62. The van der Waals surface area contributed by atoms with Gasteiger partial charge in [0.1, 0.15) is 0 Å². The largest absolute Gasteiger partial charge is 0.302 e. The van der Waals surface area contributed by atoms with Crippen LogP contribution in [0, 0.1) is 11.3 Å². The molecule has 1 aliphatic heterocycles. The maximum atomic E-state index is 8.72. The molecule has 1 aromatic carbocycles. The van der Waals surface area contributed by atoms with Gasteiger partial charge in [0.05, 0.1) is 6.07 Å². The second-order valence-corrected chi connectivity index (χ2v) is 6.29. The van der Waals surface area contributed by atoms with E-state index in [0.29, 0.717) is 0 Å². The van der Waals surface area contributed by atoms with Crippen molar-refractivity contribution in [1.82, 2.24) is 4.90 Å². The first-order valence-electron chi connectivity index (χ1n) is 6.18. The highest BCUT2D eigenvalue weighted by molar-refractivity contribution is 7.20. The first-order chi connectivity index (χ1) is 9.20. The van der Waals surface area contributed by atoms with Crippen LogP contribution < -0.4 is 0 Å². The van der Waals surface area contributed by atoms with Gasteiger partial charge in [-0.1, -0.05) is 11.6 Å². The predicted octanol–water partition coefficient (Wildman–Crippen LogP) is 4.50. The molecule has 0 bridgehead atoms. The van der Waals surface area contributed by atoms with Crippen molar-refractivity contribution in [2.45, 2.75) is 13.0 Å². The van der Waals surface area contributed by atoms with Crippen LogP contribution in [0.25, 0.3) is 16.2 Å². The van der Waals surface area contributed by atoms with E-state index in [9.17, 15) is 0 Å². The molecule has 0 aliphatic carbocycles. The number of hydrogen-bond acceptors (Lipinski definition) is 3. The summed E-state index contributed by atoms with van der Waals surface area (Å²) in [6.45, 7) is 1.93. The fourth-order valence-corrected chi connectivity index (χ4v) is 4.02. The van der Waals surface area contributed by atoms with Crippen LogP contribution in [0.5, 0.6) is 0 Å². The van der Waals surface area contributed by atoms with Gasteiger partial charge in [0, 0.05) is 39.2 Å². The van der Waals surface area contributed by atoms with Gasteiger partial charge >= 0.3 is 0 Å². The summed E-state index contributed by atoms with van der Waals surface area (Å²) >= 11 is 8.10. The summed E-state index contributed by atoms with van der Waals surface area (Å²) in [5.41, 5.74) is 2.57. The predicted molar refractivity (Wildman–Crippen MR) is 88.8 cm³/mol. The number of benzene rings is 1. The maximum Gasteiger partial charge on any atom is 0.0912 e. The van der Waals surface area contributed by atoms with Gasteiger partial charge in [0.25, 0.3) is 0 Å². The molecular formula is C15H14Cl2N2S. The third-order valence-electron chi connectivity index (χ3n) is 3.52. The molecule has 104 valence electrons. The molecule has 0 saturated heterocycles. The van der Waals surface area contributed by atoms with Gasteiger partial charge in [-0.15, -0.1) is 23.7 Å². The quantitative estimate of drug-likeness (QED) is 0.722. The molecule has 0 saturated carbocycles. The van der Waals surface area contributed by atoms with Crippen molar-refractivity contribution in [3.8, 4) is 6.07 Å². The van der Waals surface area contributed by atoms with Crippen molar-refractivity contribution < 1.29 is 0 Å². The molecule has 20 heavy (non-hydrogen) atoms. The van der Waals surface area contributed by atoms with E-state index in [1.54, 1.807) is 17.4 Å². The lowest BCUT2D eigenvalue weighted by atomic mass is 10.0. The molecular weight excluding hydrogens is 311 g/mol. The molecule has 0 amide bonds. The Morgan fingerprint density at radius 1 is 1.40 bits per heavy atom. The normalized spacial score (nSPS) is 15.1. The van der Waals surface area contributed by atoms with Crippen molar-refractivity contribution in [3.63, 3.8) is 0 Å². The summed E-state index contributed by atoms with van der Waals surface area (Å²) in [6.07, 6.45) is 4.45. The highest BCUT2D eigenvalue weighted by Crippen LogP contribution is 2.39. The Morgan fingerprint density at radius 2 is 2.20 bits per heavy atom. The molecule has 0 fully saturated rings. The van der Waals surface area contributed by atoms with E-state index in [1.807, 2.05) is 12.1 Å². The van der Waals surface area contributed by atoms with Crippen LogP contribution in [0.15, 0.2) is 18.2 Å². The lowest BCUT2D eigenvalue weighted by Crippen LogP contribution is -2.18. The van der Waals surface area contributed by atoms with Gasteiger partial charge in [-0.25, -0.2) is 0 Å². The monoisotopic (exact) mass is 324 g/mol. The molecule has 5 heteroatoms. The van der Waals surface area contributed by atoms with Crippen LogP contribution in [0.1, 0.15) is 16.0 Å². The number of likely N-dealkylation sites (N-methyl/N-ethyl adjacent to an activating group) is 1. The lowest BCUT2D eigenvalue weighted by Gasteiger charge is -2.13. The number of nitriles is 1. The SMILES string of the molecule is CN1CCc2c(Cl)ccc3sc(/C=C/C#N)c(c23)C1.Cl. The summed E-state index contributed by atoms with van der Waals surface area (Å²) in [5.74, 6) is 0. The van der Waals surface area contributed by atoms with Gasteiger partial charge in [0.15, 0.2) is 0 Å². The molecule has 1 aromatic heterocycles. The third-order valence-corrected chi connectivity index (χ3v) is 5.03. The fourth-order valence-electron chi connectivity index (χ4n) is 2.62. The van der Waals surface area contributed by atoms with E-state index in [2.05, 4.69) is 24.1 Å². The minimum absolute atomic E-state index is 0. The van der Waals surface area contributed by atoms with E-state index < -0.39 is 0 Å². The zero-order valence-electron chi connectivity index (χ0n) is 11.0. The summed E-state index contributed by atoms with van der Waals surface area (Å²) in [5, 5.41) is 10.9. The minimum Gasteiger partial charge on any atom is -0.302 e. The van der Waals surface area contributed by atoms with Crippen LogP contribution >= 0.6 is 35.3 Å². The van der Waals surface area contributed by atoms with Crippen LogP contribution in [0.2, 0.25) is 5.02 Å². The Bertz CT molecular complexity index is 713. The third kappa shape index (κ3) is 2.57. The van der Waals surface area contributed by atoms with Crippen LogP contribution in [0.4, 0.5) is 0 Å². The van der Waals surface area contributed by atoms with Gasteiger partial charge < -0.3 is 4.90 Å². The Balaban J connectivity index is 0.00000147. The maximum absolute atomic E-state index is 8.72. The first kappa shape index (κ1) is 15.3. The molecule has 0 unspecified atom stereocenters. The van der Waals surface area contributed by atoms with Gasteiger partial charge in [-0.3, -0.25) is 0 Å². The summed E-state index contributed by atoms with van der Waals surface area (Å²) in [4.78, 5) is 3.48. The fraction of sp³-hybridized carbons (Fsp3) is 0.267. The highest BCUT2D eigenvalue weighted by Gasteiger charge is 2.20. The van der Waals surface area contributed by atoms with E-state index >= 15 is 0 Å². The number of nitrogens with zero attached hydrogens (tertiary/aromatic N) is 2. The summed E-state index contributed by atoms with van der Waals surface area (Å²) in [7, 11) is 2.13. The molecule has 0 spiro atoms. The number of thiophene rings is 1. The average molecular weight is 325 g/mol. The smallest absolute Gasteiger partial charge is 0.0912 e. The van der Waals surface area contributed by atoms with Crippen LogP contribution in [0.3, 0.4) is 0 Å². The number of allylic oxidation sites excluding steroid dienone is 1. The van der Waals surface area contributed by atoms with Gasteiger partial charge in [-0.2, -0.15) is 5.26 Å². The Morgan fingerprint density at radius 3 is 2.95 bits per heavy atom. The van der Waals surface area contributed by atoms with Gasteiger partial charge in [0.2, 0.25) is 0 Å². The second-order valence-electron chi connectivity index (χ2n) is 4.79. The van der Waals surface area contributed by atoms with E-state index in [1.165, 1.54) is 26.1 Å². The summed E-state index contributed by atoms with van der Waals surface area (Å²) < 4.78 is 1.27. The van der Waals surface area contributed by atoms with Gasteiger partial charge in [-0.05, 0) is 42.8 Å². The zero-order chi connectivity index (χ0) is 13.4. The molecule has 0 atom stereocenters. The molecule has 2 heterocycles. The van der Waals surface area contributed by atoms with Crippen molar-refractivity contribution in [2.24, 2.45) is 0 Å². The zero-order valence-corrected chi connectivity index (χ0v) is 13.4. The van der Waals surface area contributed by atoms with E-state index in [4.69, 9.17) is 16.9 Å². The highest BCUT2D eigenvalue weighted by atomic mass is 35.5. The first-order valence-corrected chi connectivity index (χ1v) is 7.37. The minimum atomic E-state index is 0. The Labute approximate surface area is 133 Å². The van der Waals surface area contributed by atoms with E-state index in [-0.39, 0.29) is 12.4 Å². The Kier molecular flexibility index (Phi) is 4.72. The molecule has 2 nitrogen and oxygen atoms in total. The van der Waals surface area contributed by atoms with Crippen molar-refractivity contribution in [1.29, 1.82) is 5.26 Å². The molecule has 2 aromatic rings. The number of rotatable bonds is 1. The Hall–Kier alpha value is -1.05. The summed E-state index contributed by atoms with van der Waals surface area (Å²) in [6, 6.07) is 6.15. The molecule has 0 N–H and O–H groups in total. The molecule has 0 radical (unpaired) electrons. The standard InChI is InChI=1S/C15H13ClN2S.ClH/c1-18-8-6-10-12(16)4-5-14-15(10)11(9-18)13(19-14)3-2-7-17;/h2-5H,6,8-9H2,1H3;1H/b3-2+;. The number of hydrogen-bond donors (Lipinski definition) is 0. The van der Waals surface area contributed by atoms with Crippen LogP contribution in [-0.2, 0) is 13.0 Å². The van der Waals surface area contributed by atoms with E-state index in [0.717, 1.165) is 24.5 Å². The molecule has 1 aliphatic rings. The van der Waals surface area contributed by atoms with Crippen molar-refractivity contribution >= 4 is 51.5 Å². The topological polar surface area (TPSA) is 27.0 Å².